The van der Waals surface area contributed by atoms with E-state index in [2.05, 4.69) is 15.4 Å². The van der Waals surface area contributed by atoms with Crippen molar-refractivity contribution in [3.05, 3.63) is 76.0 Å². The fourth-order valence-electron chi connectivity index (χ4n) is 2.41. The third-order valence-corrected chi connectivity index (χ3v) is 4.35. The van der Waals surface area contributed by atoms with Crippen molar-refractivity contribution in [2.75, 3.05) is 19.5 Å². The van der Waals surface area contributed by atoms with Crippen LogP contribution >= 0.6 is 11.6 Å². The molecule has 0 saturated carbocycles. The highest BCUT2D eigenvalue weighted by atomic mass is 35.5. The normalized spacial score (nSPS) is 10.5. The molecule has 154 valence electrons. The number of nitriles is 1. The first-order valence-corrected chi connectivity index (χ1v) is 8.98. The summed E-state index contributed by atoms with van der Waals surface area (Å²) in [6, 6.07) is 12.9. The molecule has 0 heterocycles. The van der Waals surface area contributed by atoms with Gasteiger partial charge in [0.2, 0.25) is 0 Å². The van der Waals surface area contributed by atoms with Crippen LogP contribution < -0.4 is 10.6 Å². The molecule has 0 aliphatic rings. The first-order chi connectivity index (χ1) is 14.4. The lowest BCUT2D eigenvalue weighted by molar-refractivity contribution is -0.117. The molecule has 9 heteroatoms. The first kappa shape index (κ1) is 22.5. The number of rotatable bonds is 7. The van der Waals surface area contributed by atoms with Crippen LogP contribution in [-0.2, 0) is 20.8 Å². The lowest BCUT2D eigenvalue weighted by Crippen LogP contribution is -2.24. The van der Waals surface area contributed by atoms with Crippen molar-refractivity contribution in [1.29, 1.82) is 5.26 Å². The van der Waals surface area contributed by atoms with Gasteiger partial charge in [-0.3, -0.25) is 4.79 Å². The fourth-order valence-corrected chi connectivity index (χ4v) is 2.61. The smallest absolute Gasteiger partial charge is 0.339 e. The molecular formula is C21H18ClN3O5. The Bertz CT molecular complexity index is 1040. The average Bonchev–Trinajstić information content (AvgIpc) is 2.77. The number of carbonyl (C=O) groups excluding carboxylic acids is 3. The molecule has 0 atom stereocenters. The standard InChI is InChI=1S/C21H18ClN3O5/c1-29-20(27)13-7-8-16(21(28)30-2)18(9-13)24-12-15(10-23)19(26)25-11-14-5-3-4-6-17(14)22/h3-9,12,24H,11H2,1-2H3,(H,25,26)/b15-12-. The lowest BCUT2D eigenvalue weighted by atomic mass is 10.1. The monoisotopic (exact) mass is 427 g/mol. The van der Waals surface area contributed by atoms with Gasteiger partial charge in [-0.25, -0.2) is 9.59 Å². The summed E-state index contributed by atoms with van der Waals surface area (Å²) < 4.78 is 9.37. The van der Waals surface area contributed by atoms with E-state index >= 15 is 0 Å². The molecule has 0 aromatic heterocycles. The Morgan fingerprint density at radius 2 is 1.80 bits per heavy atom. The van der Waals surface area contributed by atoms with Gasteiger partial charge in [-0.05, 0) is 29.8 Å². The van der Waals surface area contributed by atoms with Crippen molar-refractivity contribution in [2.24, 2.45) is 0 Å². The summed E-state index contributed by atoms with van der Waals surface area (Å²) in [5.41, 5.74) is 0.882. The van der Waals surface area contributed by atoms with Crippen molar-refractivity contribution in [2.45, 2.75) is 6.54 Å². The maximum Gasteiger partial charge on any atom is 0.339 e. The summed E-state index contributed by atoms with van der Waals surface area (Å²) in [5, 5.41) is 15.1. The molecule has 0 saturated heterocycles. The van der Waals surface area contributed by atoms with Crippen molar-refractivity contribution in [3.8, 4) is 6.07 Å². The summed E-state index contributed by atoms with van der Waals surface area (Å²) in [6.45, 7) is 0.128. The molecule has 2 aromatic rings. The van der Waals surface area contributed by atoms with Gasteiger partial charge < -0.3 is 20.1 Å². The third-order valence-electron chi connectivity index (χ3n) is 3.98. The molecule has 0 fully saturated rings. The van der Waals surface area contributed by atoms with Gasteiger partial charge >= 0.3 is 11.9 Å². The molecular weight excluding hydrogens is 410 g/mol. The Morgan fingerprint density at radius 3 is 2.43 bits per heavy atom. The highest BCUT2D eigenvalue weighted by molar-refractivity contribution is 6.31. The number of methoxy groups -OCH3 is 2. The number of esters is 2. The highest BCUT2D eigenvalue weighted by Gasteiger charge is 2.16. The number of carbonyl (C=O) groups is 3. The summed E-state index contributed by atoms with van der Waals surface area (Å²) in [4.78, 5) is 36.1. The van der Waals surface area contributed by atoms with E-state index in [0.717, 1.165) is 6.20 Å². The highest BCUT2D eigenvalue weighted by Crippen LogP contribution is 2.20. The number of benzene rings is 2. The van der Waals surface area contributed by atoms with Crippen LogP contribution in [0.4, 0.5) is 5.69 Å². The maximum atomic E-state index is 12.3. The van der Waals surface area contributed by atoms with Gasteiger partial charge in [0.15, 0.2) is 0 Å². The molecule has 8 nitrogen and oxygen atoms in total. The van der Waals surface area contributed by atoms with Gasteiger partial charge in [-0.15, -0.1) is 0 Å². The SMILES string of the molecule is COC(=O)c1ccc(C(=O)OC)c(N/C=C(/C#N)C(=O)NCc2ccccc2Cl)c1. The molecule has 0 unspecified atom stereocenters. The topological polar surface area (TPSA) is 118 Å². The van der Waals surface area contributed by atoms with E-state index in [1.54, 1.807) is 30.3 Å². The van der Waals surface area contributed by atoms with E-state index in [1.165, 1.54) is 32.4 Å². The van der Waals surface area contributed by atoms with Crippen molar-refractivity contribution >= 4 is 35.1 Å². The first-order valence-electron chi connectivity index (χ1n) is 8.60. The van der Waals surface area contributed by atoms with Crippen LogP contribution in [0.1, 0.15) is 26.3 Å². The van der Waals surface area contributed by atoms with Crippen LogP contribution in [0.25, 0.3) is 0 Å². The minimum absolute atomic E-state index is 0.107. The Balaban J connectivity index is 2.22. The molecule has 0 bridgehead atoms. The summed E-state index contributed by atoms with van der Waals surface area (Å²) in [6.07, 6.45) is 1.13. The van der Waals surface area contributed by atoms with Crippen LogP contribution in [-0.4, -0.2) is 32.1 Å². The molecule has 0 aliphatic heterocycles. The van der Waals surface area contributed by atoms with Crippen molar-refractivity contribution in [1.82, 2.24) is 5.32 Å². The van der Waals surface area contributed by atoms with Gasteiger partial charge in [0.05, 0.1) is 31.0 Å². The molecule has 0 aliphatic carbocycles. The zero-order valence-electron chi connectivity index (χ0n) is 16.2. The second-order valence-corrected chi connectivity index (χ2v) is 6.24. The van der Waals surface area contributed by atoms with Crippen molar-refractivity contribution < 1.29 is 23.9 Å². The Labute approximate surface area is 178 Å². The van der Waals surface area contributed by atoms with Crippen LogP contribution in [0.5, 0.6) is 0 Å². The predicted molar refractivity (Wildman–Crippen MR) is 110 cm³/mol. The predicted octanol–water partition coefficient (Wildman–Crippen LogP) is 3.05. The average molecular weight is 428 g/mol. The molecule has 2 N–H and O–H groups in total. The number of anilines is 1. The van der Waals surface area contributed by atoms with E-state index < -0.39 is 17.8 Å². The van der Waals surface area contributed by atoms with Crippen molar-refractivity contribution in [3.63, 3.8) is 0 Å². The zero-order valence-corrected chi connectivity index (χ0v) is 16.9. The fraction of sp³-hybridized carbons (Fsp3) is 0.143. The Kier molecular flexibility index (Phi) is 7.97. The van der Waals surface area contributed by atoms with Gasteiger partial charge in [-0.2, -0.15) is 5.26 Å². The van der Waals surface area contributed by atoms with Crippen LogP contribution in [0.2, 0.25) is 5.02 Å². The maximum absolute atomic E-state index is 12.3. The zero-order chi connectivity index (χ0) is 22.1. The molecule has 30 heavy (non-hydrogen) atoms. The van der Waals surface area contributed by atoms with Crippen LogP contribution in [0.15, 0.2) is 54.2 Å². The van der Waals surface area contributed by atoms with Gasteiger partial charge in [0.1, 0.15) is 11.6 Å². The minimum atomic E-state index is -0.663. The van der Waals surface area contributed by atoms with Gasteiger partial charge in [0, 0.05) is 17.8 Å². The summed E-state index contributed by atoms with van der Waals surface area (Å²) in [7, 11) is 2.43. The van der Waals surface area contributed by atoms with E-state index in [-0.39, 0.29) is 28.9 Å². The number of ether oxygens (including phenoxy) is 2. The summed E-state index contributed by atoms with van der Waals surface area (Å²) in [5.74, 6) is -1.92. The number of nitrogens with zero attached hydrogens (tertiary/aromatic N) is 1. The third kappa shape index (κ3) is 5.59. The molecule has 2 aromatic carbocycles. The largest absolute Gasteiger partial charge is 0.465 e. The molecule has 0 radical (unpaired) electrons. The van der Waals surface area contributed by atoms with Gasteiger partial charge in [-0.1, -0.05) is 29.8 Å². The quantitative estimate of drug-likeness (QED) is 0.396. The summed E-state index contributed by atoms with van der Waals surface area (Å²) >= 11 is 6.05. The number of hydrogen-bond donors (Lipinski definition) is 2. The van der Waals surface area contributed by atoms with E-state index in [4.69, 9.17) is 16.3 Å². The molecule has 0 spiro atoms. The molecule has 2 rings (SSSR count). The second kappa shape index (κ2) is 10.6. The number of nitrogens with one attached hydrogen (secondary N) is 2. The van der Waals surface area contributed by atoms with Gasteiger partial charge in [0.25, 0.3) is 5.91 Å². The minimum Gasteiger partial charge on any atom is -0.465 e. The van der Waals surface area contributed by atoms with E-state index in [0.29, 0.717) is 10.6 Å². The Hall–Kier alpha value is -3.83. The Morgan fingerprint density at radius 1 is 1.10 bits per heavy atom. The lowest BCUT2D eigenvalue weighted by Gasteiger charge is -2.10. The number of hydrogen-bond acceptors (Lipinski definition) is 7. The van der Waals surface area contributed by atoms with E-state index in [9.17, 15) is 19.6 Å². The number of amides is 1. The van der Waals surface area contributed by atoms with E-state index in [1.807, 2.05) is 0 Å². The number of halogens is 1. The second-order valence-electron chi connectivity index (χ2n) is 5.83. The van der Waals surface area contributed by atoms with Crippen LogP contribution in [0.3, 0.4) is 0 Å². The van der Waals surface area contributed by atoms with Crippen LogP contribution in [0, 0.1) is 11.3 Å². The molecule has 1 amide bonds.